The predicted molar refractivity (Wildman–Crippen MR) is 329 cm³/mol. The Labute approximate surface area is 463 Å². The first-order chi connectivity index (χ1) is 34.4. The molecule has 3 nitrogen and oxygen atoms in total. The fourth-order valence-electron chi connectivity index (χ4n) is 12.6. The smallest absolute Gasteiger partial charge is 0.123 e. The molecule has 0 radical (unpaired) electrons. The second kappa shape index (κ2) is 25.6. The maximum atomic E-state index is 12.0. The molecule has 0 aliphatic heterocycles. The molecule has 75 heavy (non-hydrogen) atoms. The number of aromatic hydroxyl groups is 3. The molecule has 0 aromatic heterocycles. The summed E-state index contributed by atoms with van der Waals surface area (Å²) in [6.07, 6.45) is 25.3. The Morgan fingerprint density at radius 1 is 0.387 bits per heavy atom. The first kappa shape index (κ1) is 64.1. The lowest BCUT2D eigenvalue weighted by atomic mass is 9.57. The number of hydrogen-bond donors (Lipinski definition) is 3. The number of benzene rings is 3. The number of hydrogen-bond acceptors (Lipinski definition) is 3. The van der Waals surface area contributed by atoms with E-state index in [1.807, 2.05) is 0 Å². The Bertz CT molecular complexity index is 2300. The molecule has 3 N–H and O–H groups in total. The van der Waals surface area contributed by atoms with Crippen molar-refractivity contribution in [2.75, 3.05) is 0 Å². The summed E-state index contributed by atoms with van der Waals surface area (Å²) in [6, 6.07) is 13.9. The van der Waals surface area contributed by atoms with E-state index in [1.165, 1.54) is 142 Å². The minimum Gasteiger partial charge on any atom is -0.507 e. The van der Waals surface area contributed by atoms with E-state index < -0.39 is 0 Å². The van der Waals surface area contributed by atoms with E-state index in [9.17, 15) is 15.3 Å². The molecule has 3 aromatic carbocycles. The highest BCUT2D eigenvalue weighted by Crippen LogP contribution is 2.55. The highest BCUT2D eigenvalue weighted by Gasteiger charge is 2.44. The molecule has 422 valence electrons. The summed E-state index contributed by atoms with van der Waals surface area (Å²) >= 11 is 0. The molecule has 1 aliphatic rings. The Kier molecular flexibility index (Phi) is 21.8. The van der Waals surface area contributed by atoms with Gasteiger partial charge in [0.15, 0.2) is 0 Å². The van der Waals surface area contributed by atoms with E-state index in [1.54, 1.807) is 0 Å². The van der Waals surface area contributed by atoms with Crippen molar-refractivity contribution in [3.63, 3.8) is 0 Å². The largest absolute Gasteiger partial charge is 0.507 e. The molecule has 3 heteroatoms. The number of unbranched alkanes of at least 4 members (excludes halogenated alkanes) is 15. The highest BCUT2D eigenvalue weighted by atomic mass is 16.3. The van der Waals surface area contributed by atoms with E-state index in [0.29, 0.717) is 17.2 Å². The van der Waals surface area contributed by atoms with Crippen molar-refractivity contribution in [3.05, 3.63) is 109 Å². The van der Waals surface area contributed by atoms with Gasteiger partial charge in [0.2, 0.25) is 0 Å². The van der Waals surface area contributed by atoms with Crippen molar-refractivity contribution >= 4 is 0 Å². The maximum Gasteiger partial charge on any atom is 0.123 e. The Hall–Kier alpha value is -3.46. The number of phenols is 3. The van der Waals surface area contributed by atoms with Crippen LogP contribution in [0.2, 0.25) is 0 Å². The summed E-state index contributed by atoms with van der Waals surface area (Å²) in [5.74, 6) is 1.51. The zero-order valence-electron chi connectivity index (χ0n) is 53.0. The van der Waals surface area contributed by atoms with Crippen molar-refractivity contribution in [1.29, 1.82) is 0 Å². The molecule has 0 spiro atoms. The van der Waals surface area contributed by atoms with Gasteiger partial charge in [-0.15, -0.1) is 0 Å². The summed E-state index contributed by atoms with van der Waals surface area (Å²) < 4.78 is 0. The quantitative estimate of drug-likeness (QED) is 0.0830. The molecule has 4 rings (SSSR count). The van der Waals surface area contributed by atoms with Gasteiger partial charge >= 0.3 is 0 Å². The first-order valence-electron chi connectivity index (χ1n) is 30.4. The van der Waals surface area contributed by atoms with Crippen LogP contribution in [0, 0.1) is 11.3 Å². The van der Waals surface area contributed by atoms with Crippen LogP contribution in [0.1, 0.15) is 312 Å². The third-order valence-corrected chi connectivity index (χ3v) is 17.5. The molecule has 2 unspecified atom stereocenters. The molecule has 0 saturated heterocycles. The van der Waals surface area contributed by atoms with Gasteiger partial charge in [-0.2, -0.15) is 0 Å². The molecule has 0 fully saturated rings. The molecule has 0 bridgehead atoms. The maximum absolute atomic E-state index is 12.0. The normalized spacial score (nSPS) is 17.4. The number of phenolic OH excluding ortho intramolecular Hbond substituents is 3. The van der Waals surface area contributed by atoms with Gasteiger partial charge in [-0.1, -0.05) is 289 Å². The van der Waals surface area contributed by atoms with Gasteiger partial charge in [-0.25, -0.2) is 0 Å². The summed E-state index contributed by atoms with van der Waals surface area (Å²) in [6.45, 7) is 49.9. The van der Waals surface area contributed by atoms with Crippen LogP contribution in [-0.4, -0.2) is 15.3 Å². The molecule has 3 aromatic rings. The van der Waals surface area contributed by atoms with Gasteiger partial charge in [-0.3, -0.25) is 0 Å². The monoisotopic (exact) mass is 1030 g/mol. The predicted octanol–water partition coefficient (Wildman–Crippen LogP) is 21.5. The second-order valence-electron chi connectivity index (χ2n) is 30.5. The van der Waals surface area contributed by atoms with Crippen LogP contribution < -0.4 is 0 Å². The van der Waals surface area contributed by atoms with Gasteiger partial charge in [-0.05, 0) is 145 Å². The molecular weight excluding hydrogens is 913 g/mol. The van der Waals surface area contributed by atoms with E-state index in [0.717, 1.165) is 59.1 Å². The second-order valence-corrected chi connectivity index (χ2v) is 30.5. The van der Waals surface area contributed by atoms with Gasteiger partial charge in [0.05, 0.1) is 0 Å². The van der Waals surface area contributed by atoms with Crippen LogP contribution in [0.25, 0.3) is 0 Å². The van der Waals surface area contributed by atoms with Crippen LogP contribution in [-0.2, 0) is 51.8 Å². The van der Waals surface area contributed by atoms with Crippen LogP contribution in [0.4, 0.5) is 0 Å². The third-order valence-electron chi connectivity index (χ3n) is 17.5. The van der Waals surface area contributed by atoms with Crippen molar-refractivity contribution < 1.29 is 15.3 Å². The van der Waals surface area contributed by atoms with Gasteiger partial charge in [0.25, 0.3) is 0 Å². The van der Waals surface area contributed by atoms with Crippen molar-refractivity contribution in [2.24, 2.45) is 11.3 Å². The number of allylic oxidation sites excluding steroid dienone is 4. The summed E-state index contributed by atoms with van der Waals surface area (Å²) in [7, 11) is 0. The van der Waals surface area contributed by atoms with Gasteiger partial charge < -0.3 is 15.3 Å². The first-order valence-corrected chi connectivity index (χ1v) is 30.4. The van der Waals surface area contributed by atoms with Crippen LogP contribution in [0.15, 0.2) is 58.7 Å². The van der Waals surface area contributed by atoms with E-state index in [4.69, 9.17) is 0 Å². The average molecular weight is 1030 g/mol. The van der Waals surface area contributed by atoms with Crippen molar-refractivity contribution in [3.8, 4) is 17.2 Å². The van der Waals surface area contributed by atoms with Crippen LogP contribution in [0.5, 0.6) is 17.2 Å². The average Bonchev–Trinajstić information content (AvgIpc) is 3.27. The molecule has 0 amide bonds. The highest BCUT2D eigenvalue weighted by molar-refractivity contribution is 5.57. The minimum absolute atomic E-state index is 0.168. The molecule has 0 saturated carbocycles. The fraction of sp³-hybridized carbons (Fsp3) is 0.694. The molecular formula is C72H116O3. The lowest BCUT2D eigenvalue weighted by Gasteiger charge is -2.47. The van der Waals surface area contributed by atoms with Gasteiger partial charge in [0, 0.05) is 0 Å². The third kappa shape index (κ3) is 17.0. The van der Waals surface area contributed by atoms with E-state index in [-0.39, 0.29) is 43.8 Å². The Morgan fingerprint density at radius 3 is 0.947 bits per heavy atom. The van der Waals surface area contributed by atoms with Crippen LogP contribution in [0.3, 0.4) is 0 Å². The van der Waals surface area contributed by atoms with E-state index in [2.05, 4.69) is 189 Å². The van der Waals surface area contributed by atoms with Crippen molar-refractivity contribution in [2.45, 2.75) is 313 Å². The van der Waals surface area contributed by atoms with Crippen LogP contribution >= 0.6 is 0 Å². The standard InChI is InChI=1S/C72H116O3/c1-23-24-25-26-27-28-29-30-31-32-33-34-35-36-37-38-39-72(22)55(41-52-45-59(68(10,11)12)64(74)60(46-52)69(13,14)15)49(2)54(40-51-43-57(66(4,5)6)63(73)58(44-51)67(7,8)9)50(3)56(72)42-53-47-61(70(16,17)18)65(75)62(48-53)71(19,20)21/h43-48,55,73-75H,23-42H2,1-22H3. The Morgan fingerprint density at radius 2 is 0.653 bits per heavy atom. The zero-order chi connectivity index (χ0) is 56.7. The molecule has 0 heterocycles. The lowest BCUT2D eigenvalue weighted by Crippen LogP contribution is -2.38. The lowest BCUT2D eigenvalue weighted by molar-refractivity contribution is 0.227. The number of rotatable bonds is 23. The Balaban J connectivity index is 1.90. The zero-order valence-corrected chi connectivity index (χ0v) is 53.0. The van der Waals surface area contributed by atoms with Crippen molar-refractivity contribution in [1.82, 2.24) is 0 Å². The molecule has 1 aliphatic carbocycles. The SMILES string of the molecule is CCCCCCCCCCCCCCCCCCC1(C)C(Cc2cc(C(C)(C)C)c(O)c(C(C)(C)C)c2)=C(C)C(Cc2cc(C(C)(C)C)c(O)c(C(C)(C)C)c2)=C(C)C1Cc1cc(C(C)(C)C)c(O)c(C(C)(C)C)c1. The fourth-order valence-corrected chi connectivity index (χ4v) is 12.6. The summed E-state index contributed by atoms with van der Waals surface area (Å²) in [5, 5.41) is 35.9. The topological polar surface area (TPSA) is 60.7 Å². The molecule has 2 atom stereocenters. The summed E-state index contributed by atoms with van der Waals surface area (Å²) in [5.41, 5.74) is 14.2. The summed E-state index contributed by atoms with van der Waals surface area (Å²) in [4.78, 5) is 0. The van der Waals surface area contributed by atoms with E-state index >= 15 is 0 Å². The minimum atomic E-state index is -0.236. The van der Waals surface area contributed by atoms with Gasteiger partial charge in [0.1, 0.15) is 17.2 Å².